The summed E-state index contributed by atoms with van der Waals surface area (Å²) in [4.78, 5) is 38.1. The molecule has 1 atom stereocenters. The van der Waals surface area contributed by atoms with E-state index < -0.39 is 23.6 Å². The van der Waals surface area contributed by atoms with Crippen LogP contribution < -0.4 is 4.90 Å². The van der Waals surface area contributed by atoms with Gasteiger partial charge in [-0.1, -0.05) is 18.5 Å². The Balaban J connectivity index is 1.98. The number of imide groups is 1. The largest absolute Gasteiger partial charge is 0.466 e. The molecule has 1 aromatic rings. The molecule has 2 amide bonds. The number of hydrogen-bond acceptors (Lipinski definition) is 4. The van der Waals surface area contributed by atoms with E-state index >= 15 is 0 Å². The Labute approximate surface area is 155 Å². The number of benzene rings is 1. The smallest absolute Gasteiger partial charge is 0.310 e. The summed E-state index contributed by atoms with van der Waals surface area (Å²) in [6, 6.07) is 2.31. The maximum Gasteiger partial charge on any atom is 0.310 e. The predicted molar refractivity (Wildman–Crippen MR) is 94.3 cm³/mol. The molecule has 0 fully saturated rings. The van der Waals surface area contributed by atoms with Crippen molar-refractivity contribution in [1.29, 1.82) is 0 Å². The van der Waals surface area contributed by atoms with E-state index in [1.807, 2.05) is 6.92 Å². The van der Waals surface area contributed by atoms with Gasteiger partial charge in [0.25, 0.3) is 11.8 Å². The van der Waals surface area contributed by atoms with Crippen molar-refractivity contribution in [2.45, 2.75) is 39.5 Å². The highest BCUT2D eigenvalue weighted by molar-refractivity contribution is 6.34. The lowest BCUT2D eigenvalue weighted by atomic mass is 9.85. The fourth-order valence-electron chi connectivity index (χ4n) is 3.55. The Kier molecular flexibility index (Phi) is 5.14. The molecule has 138 valence electrons. The zero-order valence-electron chi connectivity index (χ0n) is 14.6. The molecule has 0 N–H and O–H groups in total. The van der Waals surface area contributed by atoms with Crippen LogP contribution in [0.3, 0.4) is 0 Å². The van der Waals surface area contributed by atoms with E-state index in [-0.39, 0.29) is 29.7 Å². The predicted octanol–water partition coefficient (Wildman–Crippen LogP) is 3.57. The normalized spacial score (nSPS) is 19.8. The first kappa shape index (κ1) is 18.6. The minimum absolute atomic E-state index is 0.0328. The van der Waals surface area contributed by atoms with Gasteiger partial charge in [-0.2, -0.15) is 0 Å². The zero-order chi connectivity index (χ0) is 19.0. The lowest BCUT2D eigenvalue weighted by Gasteiger charge is -2.19. The van der Waals surface area contributed by atoms with Crippen molar-refractivity contribution in [1.82, 2.24) is 0 Å². The van der Waals surface area contributed by atoms with Crippen LogP contribution >= 0.6 is 11.6 Å². The molecule has 1 heterocycles. The average Bonchev–Trinajstić information content (AvgIpc) is 2.83. The van der Waals surface area contributed by atoms with Gasteiger partial charge in [0, 0.05) is 16.2 Å². The maximum atomic E-state index is 14.5. The van der Waals surface area contributed by atoms with Gasteiger partial charge in [-0.3, -0.25) is 14.4 Å². The SMILES string of the molecule is CCOC(=O)Cc1cc(N2C(=O)C3=C(C2=O)C(C)CCC3)c(F)cc1Cl. The Morgan fingerprint density at radius 1 is 1.35 bits per heavy atom. The lowest BCUT2D eigenvalue weighted by molar-refractivity contribution is -0.142. The highest BCUT2D eigenvalue weighted by Gasteiger charge is 2.43. The van der Waals surface area contributed by atoms with E-state index in [0.29, 0.717) is 23.1 Å². The number of carbonyl (C=O) groups excluding carboxylic acids is 3. The number of halogens is 2. The molecule has 1 aromatic carbocycles. The van der Waals surface area contributed by atoms with Gasteiger partial charge in [0.15, 0.2) is 0 Å². The molecule has 7 heteroatoms. The molecule has 1 unspecified atom stereocenters. The van der Waals surface area contributed by atoms with Crippen LogP contribution in [0.25, 0.3) is 0 Å². The molecule has 26 heavy (non-hydrogen) atoms. The van der Waals surface area contributed by atoms with Crippen LogP contribution in [-0.4, -0.2) is 24.4 Å². The monoisotopic (exact) mass is 379 g/mol. The molecule has 0 spiro atoms. The van der Waals surface area contributed by atoms with Crippen molar-refractivity contribution in [2.75, 3.05) is 11.5 Å². The molecule has 1 aliphatic heterocycles. The third-order valence-corrected chi connectivity index (χ3v) is 5.13. The minimum Gasteiger partial charge on any atom is -0.466 e. The van der Waals surface area contributed by atoms with Crippen molar-refractivity contribution in [3.63, 3.8) is 0 Å². The number of carbonyl (C=O) groups is 3. The summed E-state index contributed by atoms with van der Waals surface area (Å²) in [6.45, 7) is 3.78. The fourth-order valence-corrected chi connectivity index (χ4v) is 3.76. The number of hydrogen-bond donors (Lipinski definition) is 0. The lowest BCUT2D eigenvalue weighted by Crippen LogP contribution is -2.33. The molecule has 0 bridgehead atoms. The number of anilines is 1. The van der Waals surface area contributed by atoms with E-state index in [0.717, 1.165) is 23.8 Å². The van der Waals surface area contributed by atoms with E-state index in [4.69, 9.17) is 16.3 Å². The van der Waals surface area contributed by atoms with Crippen LogP contribution in [0.15, 0.2) is 23.3 Å². The van der Waals surface area contributed by atoms with Crippen molar-refractivity contribution in [3.8, 4) is 0 Å². The highest BCUT2D eigenvalue weighted by Crippen LogP contribution is 2.40. The Morgan fingerprint density at radius 2 is 2.08 bits per heavy atom. The summed E-state index contributed by atoms with van der Waals surface area (Å²) >= 11 is 6.02. The van der Waals surface area contributed by atoms with Crippen molar-refractivity contribution in [2.24, 2.45) is 5.92 Å². The number of nitrogens with zero attached hydrogens (tertiary/aromatic N) is 1. The molecule has 0 saturated heterocycles. The van der Waals surface area contributed by atoms with Gasteiger partial charge in [0.1, 0.15) is 5.82 Å². The van der Waals surface area contributed by atoms with Crippen LogP contribution in [0.4, 0.5) is 10.1 Å². The summed E-state index contributed by atoms with van der Waals surface area (Å²) in [5, 5.41) is 0.0458. The number of esters is 1. The van der Waals surface area contributed by atoms with Crippen molar-refractivity contribution >= 4 is 35.1 Å². The Bertz CT molecular complexity index is 833. The third kappa shape index (κ3) is 3.14. The van der Waals surface area contributed by atoms with E-state index in [9.17, 15) is 18.8 Å². The van der Waals surface area contributed by atoms with E-state index in [1.165, 1.54) is 6.07 Å². The number of amides is 2. The van der Waals surface area contributed by atoms with Crippen LogP contribution in [-0.2, 0) is 25.5 Å². The molecule has 0 saturated carbocycles. The van der Waals surface area contributed by atoms with Gasteiger partial charge in [-0.25, -0.2) is 9.29 Å². The first-order valence-corrected chi connectivity index (χ1v) is 8.98. The van der Waals surface area contributed by atoms with Crippen molar-refractivity contribution in [3.05, 3.63) is 39.7 Å². The molecule has 1 aliphatic carbocycles. The molecular formula is C19H19ClFNO4. The van der Waals surface area contributed by atoms with Crippen LogP contribution in [0, 0.1) is 11.7 Å². The Morgan fingerprint density at radius 3 is 2.73 bits per heavy atom. The minimum atomic E-state index is -0.781. The maximum absolute atomic E-state index is 14.5. The second kappa shape index (κ2) is 7.19. The molecular weight excluding hydrogens is 361 g/mol. The standard InChI is InChI=1S/C19H19ClFNO4/c1-3-26-16(23)8-11-7-15(14(21)9-13(11)20)22-18(24)12-6-4-5-10(2)17(12)19(22)25/h7,9-10H,3-6,8H2,1-2H3. The van der Waals surface area contributed by atoms with Crippen LogP contribution in [0.1, 0.15) is 38.7 Å². The Hall–Kier alpha value is -2.21. The van der Waals surface area contributed by atoms with Gasteiger partial charge < -0.3 is 4.74 Å². The zero-order valence-corrected chi connectivity index (χ0v) is 15.4. The quantitative estimate of drug-likeness (QED) is 0.592. The summed E-state index contributed by atoms with van der Waals surface area (Å²) in [5.41, 5.74) is 1.07. The van der Waals surface area contributed by atoms with Gasteiger partial charge >= 0.3 is 5.97 Å². The van der Waals surface area contributed by atoms with Crippen LogP contribution in [0.2, 0.25) is 5.02 Å². The van der Waals surface area contributed by atoms with Gasteiger partial charge in [0.05, 0.1) is 18.7 Å². The molecule has 2 aliphatic rings. The number of ether oxygens (including phenoxy) is 1. The van der Waals surface area contributed by atoms with Gasteiger partial charge in [-0.15, -0.1) is 0 Å². The molecule has 5 nitrogen and oxygen atoms in total. The first-order valence-electron chi connectivity index (χ1n) is 8.60. The average molecular weight is 380 g/mol. The second-order valence-corrected chi connectivity index (χ2v) is 6.92. The summed E-state index contributed by atoms with van der Waals surface area (Å²) < 4.78 is 19.4. The molecule has 3 rings (SSSR count). The van der Waals surface area contributed by atoms with Gasteiger partial charge in [-0.05, 0) is 49.8 Å². The van der Waals surface area contributed by atoms with Crippen molar-refractivity contribution < 1.29 is 23.5 Å². The molecule has 0 aromatic heterocycles. The first-order chi connectivity index (χ1) is 12.3. The van der Waals surface area contributed by atoms with E-state index in [2.05, 4.69) is 0 Å². The second-order valence-electron chi connectivity index (χ2n) is 6.51. The van der Waals surface area contributed by atoms with E-state index in [1.54, 1.807) is 6.92 Å². The summed E-state index contributed by atoms with van der Waals surface area (Å²) in [5.74, 6) is -2.30. The summed E-state index contributed by atoms with van der Waals surface area (Å²) in [7, 11) is 0. The number of rotatable bonds is 4. The third-order valence-electron chi connectivity index (χ3n) is 4.77. The molecule has 0 radical (unpaired) electrons. The van der Waals surface area contributed by atoms with Gasteiger partial charge in [0.2, 0.25) is 0 Å². The van der Waals surface area contributed by atoms with Crippen LogP contribution in [0.5, 0.6) is 0 Å². The summed E-state index contributed by atoms with van der Waals surface area (Å²) in [6.07, 6.45) is 2.00. The highest BCUT2D eigenvalue weighted by atomic mass is 35.5. The topological polar surface area (TPSA) is 63.7 Å². The fraction of sp³-hybridized carbons (Fsp3) is 0.421.